The molecule has 7 heteroatoms. The van der Waals surface area contributed by atoms with Gasteiger partial charge in [0.15, 0.2) is 0 Å². The van der Waals surface area contributed by atoms with Gasteiger partial charge in [0.05, 0.1) is 0 Å². The first-order chi connectivity index (χ1) is 12.8. The first-order valence-electron chi connectivity index (χ1n) is 8.13. The second-order valence-corrected chi connectivity index (χ2v) is 5.87. The van der Waals surface area contributed by atoms with E-state index < -0.39 is 17.6 Å². The van der Waals surface area contributed by atoms with Gasteiger partial charge in [-0.25, -0.2) is 14.4 Å². The van der Waals surface area contributed by atoms with Crippen molar-refractivity contribution < 1.29 is 28.2 Å². The highest BCUT2D eigenvalue weighted by Gasteiger charge is 2.10. The van der Waals surface area contributed by atoms with Crippen LogP contribution in [0.1, 0.15) is 19.4 Å². The Morgan fingerprint density at radius 2 is 1.67 bits per heavy atom. The number of ether oxygens (including phenoxy) is 3. The van der Waals surface area contributed by atoms with E-state index in [0.29, 0.717) is 27.9 Å². The second-order valence-electron chi connectivity index (χ2n) is 5.87. The number of fused-ring (bicyclic) bond motifs is 1. The molecule has 0 bridgehead atoms. The zero-order chi connectivity index (χ0) is 20.0. The number of esters is 2. The minimum absolute atomic E-state index is 0.0601. The molecule has 0 aliphatic heterocycles. The van der Waals surface area contributed by atoms with E-state index in [1.807, 2.05) is 0 Å². The maximum absolute atomic E-state index is 11.8. The Morgan fingerprint density at radius 3 is 2.33 bits per heavy atom. The summed E-state index contributed by atoms with van der Waals surface area (Å²) in [6.45, 7) is 10.2. The molecule has 0 saturated carbocycles. The van der Waals surface area contributed by atoms with Gasteiger partial charge in [-0.15, -0.1) is 0 Å². The van der Waals surface area contributed by atoms with Crippen LogP contribution in [-0.2, 0) is 25.7 Å². The van der Waals surface area contributed by atoms with Crippen molar-refractivity contribution in [3.63, 3.8) is 0 Å². The van der Waals surface area contributed by atoms with Crippen molar-refractivity contribution in [1.82, 2.24) is 0 Å². The van der Waals surface area contributed by atoms with Gasteiger partial charge < -0.3 is 18.6 Å². The largest absolute Gasteiger partial charge is 0.490 e. The SMILES string of the molecule is C=C(C)C(=O)OCCOc1ccc2c(COC(=O)C(=C)C)cc(=O)oc2c1. The number of hydrogen-bond donors (Lipinski definition) is 0. The first-order valence-corrected chi connectivity index (χ1v) is 8.13. The molecule has 1 aromatic heterocycles. The van der Waals surface area contributed by atoms with E-state index in [-0.39, 0.29) is 25.4 Å². The first kappa shape index (κ1) is 20.0. The fraction of sp³-hybridized carbons (Fsp3) is 0.250. The molecule has 27 heavy (non-hydrogen) atoms. The Bertz CT molecular complexity index is 952. The molecule has 0 fully saturated rings. The Morgan fingerprint density at radius 1 is 1.00 bits per heavy atom. The van der Waals surface area contributed by atoms with E-state index >= 15 is 0 Å². The number of rotatable bonds is 8. The average Bonchev–Trinajstić information content (AvgIpc) is 2.62. The van der Waals surface area contributed by atoms with Crippen molar-refractivity contribution in [3.8, 4) is 5.75 Å². The Labute approximate surface area is 155 Å². The van der Waals surface area contributed by atoms with Gasteiger partial charge >= 0.3 is 17.6 Å². The van der Waals surface area contributed by atoms with Gasteiger partial charge in [0.2, 0.25) is 0 Å². The summed E-state index contributed by atoms with van der Waals surface area (Å²) in [7, 11) is 0. The molecular weight excluding hydrogens is 352 g/mol. The molecule has 0 amide bonds. The third kappa shape index (κ3) is 5.57. The molecule has 142 valence electrons. The molecule has 1 heterocycles. The summed E-state index contributed by atoms with van der Waals surface area (Å²) in [5.41, 5.74) is 0.808. The van der Waals surface area contributed by atoms with E-state index in [2.05, 4.69) is 13.2 Å². The minimum Gasteiger partial charge on any atom is -0.490 e. The zero-order valence-electron chi connectivity index (χ0n) is 15.2. The summed E-state index contributed by atoms with van der Waals surface area (Å²) < 4.78 is 20.7. The van der Waals surface area contributed by atoms with Crippen molar-refractivity contribution in [2.24, 2.45) is 0 Å². The van der Waals surface area contributed by atoms with E-state index in [0.717, 1.165) is 0 Å². The molecule has 0 N–H and O–H groups in total. The summed E-state index contributed by atoms with van der Waals surface area (Å²) in [5, 5.41) is 0.616. The van der Waals surface area contributed by atoms with E-state index in [4.69, 9.17) is 18.6 Å². The predicted molar refractivity (Wildman–Crippen MR) is 98.4 cm³/mol. The van der Waals surface area contributed by atoms with Crippen molar-refractivity contribution in [1.29, 1.82) is 0 Å². The van der Waals surface area contributed by atoms with Crippen LogP contribution in [0, 0.1) is 0 Å². The Hall–Kier alpha value is -3.35. The third-order valence-corrected chi connectivity index (χ3v) is 3.44. The molecule has 0 aliphatic rings. The fourth-order valence-electron chi connectivity index (χ4n) is 2.10. The molecule has 0 radical (unpaired) electrons. The molecule has 2 rings (SSSR count). The standard InChI is InChI=1S/C20H20O7/c1-12(2)19(22)25-8-7-24-15-5-6-16-14(11-26-20(23)13(3)4)9-18(21)27-17(16)10-15/h5-6,9-10H,1,3,7-8,11H2,2,4H3. The second kappa shape index (κ2) is 8.84. The van der Waals surface area contributed by atoms with Crippen LogP contribution in [0.25, 0.3) is 11.0 Å². The summed E-state index contributed by atoms with van der Waals surface area (Å²) in [5.74, 6) is -0.592. The van der Waals surface area contributed by atoms with Gasteiger partial charge in [0.25, 0.3) is 0 Å². The lowest BCUT2D eigenvalue weighted by molar-refractivity contribution is -0.140. The maximum Gasteiger partial charge on any atom is 0.336 e. The molecule has 0 unspecified atom stereocenters. The van der Waals surface area contributed by atoms with Gasteiger partial charge in [0, 0.05) is 34.2 Å². The summed E-state index contributed by atoms with van der Waals surface area (Å²) in [4.78, 5) is 34.6. The summed E-state index contributed by atoms with van der Waals surface area (Å²) in [6, 6.07) is 6.18. The quantitative estimate of drug-likeness (QED) is 0.304. The van der Waals surface area contributed by atoms with Gasteiger partial charge in [-0.05, 0) is 26.0 Å². The van der Waals surface area contributed by atoms with Crippen LogP contribution in [-0.4, -0.2) is 25.2 Å². The van der Waals surface area contributed by atoms with Gasteiger partial charge in [-0.2, -0.15) is 0 Å². The Balaban J connectivity index is 2.09. The predicted octanol–water partition coefficient (Wildman–Crippen LogP) is 2.91. The fourth-order valence-corrected chi connectivity index (χ4v) is 2.10. The molecule has 2 aromatic rings. The summed E-state index contributed by atoms with van der Waals surface area (Å²) in [6.07, 6.45) is 0. The van der Waals surface area contributed by atoms with Gasteiger partial charge in [0.1, 0.15) is 31.2 Å². The van der Waals surface area contributed by atoms with Crippen molar-refractivity contribution >= 4 is 22.9 Å². The lowest BCUT2D eigenvalue weighted by Gasteiger charge is -2.10. The van der Waals surface area contributed by atoms with Gasteiger partial charge in [-0.3, -0.25) is 0 Å². The monoisotopic (exact) mass is 372 g/mol. The number of benzene rings is 1. The smallest absolute Gasteiger partial charge is 0.336 e. The number of hydrogen-bond acceptors (Lipinski definition) is 7. The van der Waals surface area contributed by atoms with E-state index in [9.17, 15) is 14.4 Å². The molecule has 0 atom stereocenters. The molecule has 0 spiro atoms. The van der Waals surface area contributed by atoms with Crippen molar-refractivity contribution in [3.05, 3.63) is 64.6 Å². The molecule has 0 saturated heterocycles. The van der Waals surface area contributed by atoms with Crippen LogP contribution < -0.4 is 10.4 Å². The van der Waals surface area contributed by atoms with Gasteiger partial charge in [-0.1, -0.05) is 13.2 Å². The normalized spacial score (nSPS) is 10.3. The number of carbonyl (C=O) groups is 2. The molecule has 1 aromatic carbocycles. The average molecular weight is 372 g/mol. The van der Waals surface area contributed by atoms with Crippen LogP contribution in [0.5, 0.6) is 5.75 Å². The van der Waals surface area contributed by atoms with Crippen LogP contribution in [0.3, 0.4) is 0 Å². The molecular formula is C20H20O7. The zero-order valence-corrected chi connectivity index (χ0v) is 15.2. The highest BCUT2D eigenvalue weighted by Crippen LogP contribution is 2.23. The summed E-state index contributed by atoms with van der Waals surface area (Å²) >= 11 is 0. The lowest BCUT2D eigenvalue weighted by Crippen LogP contribution is -2.12. The van der Waals surface area contributed by atoms with Crippen molar-refractivity contribution in [2.45, 2.75) is 20.5 Å². The van der Waals surface area contributed by atoms with E-state index in [1.165, 1.54) is 13.0 Å². The van der Waals surface area contributed by atoms with Crippen molar-refractivity contribution in [2.75, 3.05) is 13.2 Å². The molecule has 0 aliphatic carbocycles. The van der Waals surface area contributed by atoms with Crippen LogP contribution >= 0.6 is 0 Å². The topological polar surface area (TPSA) is 92.0 Å². The van der Waals surface area contributed by atoms with Crippen LogP contribution in [0.15, 0.2) is 57.8 Å². The van der Waals surface area contributed by atoms with Crippen LogP contribution in [0.4, 0.5) is 0 Å². The Kier molecular flexibility index (Phi) is 6.54. The van der Waals surface area contributed by atoms with E-state index in [1.54, 1.807) is 25.1 Å². The third-order valence-electron chi connectivity index (χ3n) is 3.44. The highest BCUT2D eigenvalue weighted by atomic mass is 16.6. The molecule has 7 nitrogen and oxygen atoms in total. The van der Waals surface area contributed by atoms with Crippen LogP contribution in [0.2, 0.25) is 0 Å². The highest BCUT2D eigenvalue weighted by molar-refractivity contribution is 5.87. The lowest BCUT2D eigenvalue weighted by atomic mass is 10.1. The number of carbonyl (C=O) groups excluding carboxylic acids is 2. The maximum atomic E-state index is 11.8. The minimum atomic E-state index is -0.573.